The first kappa shape index (κ1) is 16.8. The third kappa shape index (κ3) is 3.74. The molecule has 3 N–H and O–H groups in total. The Bertz CT molecular complexity index is 774. The summed E-state index contributed by atoms with van der Waals surface area (Å²) in [5.74, 6) is 0.773. The molecular formula is C19H21N3O3. The van der Waals surface area contributed by atoms with Crippen LogP contribution in [0.3, 0.4) is 0 Å². The molecular weight excluding hydrogens is 318 g/mol. The number of ether oxygens (including phenoxy) is 1. The van der Waals surface area contributed by atoms with E-state index >= 15 is 0 Å². The van der Waals surface area contributed by atoms with Crippen molar-refractivity contribution in [1.29, 1.82) is 0 Å². The van der Waals surface area contributed by atoms with Gasteiger partial charge in [-0.2, -0.15) is 0 Å². The second kappa shape index (κ2) is 7.25. The standard InChI is InChI=1S/C19H21N3O3/c1-25-16-5-2-4-14(12-16)17-6-3-11-22(17)18(23)13-7-9-15(10-8-13)21-19(20)24/h2,4-5,7-10,12,17H,3,6,11H2,1H3,(H3,20,21,24). The van der Waals surface area contributed by atoms with Crippen LogP contribution in [0, 0.1) is 0 Å². The van der Waals surface area contributed by atoms with Crippen molar-refractivity contribution >= 4 is 17.6 Å². The van der Waals surface area contributed by atoms with E-state index in [0.717, 1.165) is 30.7 Å². The summed E-state index contributed by atoms with van der Waals surface area (Å²) >= 11 is 0. The highest BCUT2D eigenvalue weighted by Gasteiger charge is 2.30. The predicted molar refractivity (Wildman–Crippen MR) is 95.7 cm³/mol. The molecule has 0 spiro atoms. The minimum absolute atomic E-state index is 0.0176. The molecule has 1 heterocycles. The van der Waals surface area contributed by atoms with Gasteiger partial charge < -0.3 is 20.7 Å². The minimum Gasteiger partial charge on any atom is -0.497 e. The first-order valence-corrected chi connectivity index (χ1v) is 8.20. The van der Waals surface area contributed by atoms with Crippen LogP contribution in [0.15, 0.2) is 48.5 Å². The minimum atomic E-state index is -0.628. The fourth-order valence-electron chi connectivity index (χ4n) is 3.21. The molecule has 2 aromatic rings. The normalized spacial score (nSPS) is 16.5. The fourth-order valence-corrected chi connectivity index (χ4v) is 3.21. The molecule has 0 bridgehead atoms. The van der Waals surface area contributed by atoms with Crippen LogP contribution in [0.2, 0.25) is 0 Å². The Morgan fingerprint density at radius 1 is 1.20 bits per heavy atom. The van der Waals surface area contributed by atoms with E-state index in [9.17, 15) is 9.59 Å². The lowest BCUT2D eigenvalue weighted by atomic mass is 10.0. The monoisotopic (exact) mass is 339 g/mol. The SMILES string of the molecule is COc1cccc(C2CCCN2C(=O)c2ccc(NC(N)=O)cc2)c1. The molecule has 1 aliphatic rings. The Hall–Kier alpha value is -3.02. The predicted octanol–water partition coefficient (Wildman–Crippen LogP) is 3.16. The van der Waals surface area contributed by atoms with Crippen LogP contribution in [0.4, 0.5) is 10.5 Å². The second-order valence-electron chi connectivity index (χ2n) is 6.00. The molecule has 0 aromatic heterocycles. The summed E-state index contributed by atoms with van der Waals surface area (Å²) in [7, 11) is 1.64. The topological polar surface area (TPSA) is 84.7 Å². The van der Waals surface area contributed by atoms with Gasteiger partial charge in [-0.1, -0.05) is 12.1 Å². The molecule has 0 radical (unpaired) electrons. The first-order valence-electron chi connectivity index (χ1n) is 8.20. The van der Waals surface area contributed by atoms with Crippen molar-refractivity contribution in [3.05, 3.63) is 59.7 Å². The molecule has 2 aromatic carbocycles. The zero-order valence-electron chi connectivity index (χ0n) is 14.1. The molecule has 6 heteroatoms. The smallest absolute Gasteiger partial charge is 0.316 e. The van der Waals surface area contributed by atoms with E-state index in [-0.39, 0.29) is 11.9 Å². The summed E-state index contributed by atoms with van der Waals surface area (Å²) < 4.78 is 5.29. The number of anilines is 1. The molecule has 1 aliphatic heterocycles. The Balaban J connectivity index is 1.79. The van der Waals surface area contributed by atoms with Crippen molar-refractivity contribution in [1.82, 2.24) is 4.90 Å². The first-order chi connectivity index (χ1) is 12.1. The number of hydrogen-bond donors (Lipinski definition) is 2. The lowest BCUT2D eigenvalue weighted by molar-refractivity contribution is 0.0735. The highest BCUT2D eigenvalue weighted by Crippen LogP contribution is 2.34. The summed E-state index contributed by atoms with van der Waals surface area (Å²) in [6, 6.07) is 14.0. The molecule has 1 unspecified atom stereocenters. The van der Waals surface area contributed by atoms with Gasteiger partial charge in [0, 0.05) is 17.8 Å². The van der Waals surface area contributed by atoms with Gasteiger partial charge in [-0.3, -0.25) is 4.79 Å². The number of primary amides is 1. The van der Waals surface area contributed by atoms with Crippen LogP contribution in [-0.4, -0.2) is 30.5 Å². The molecule has 1 atom stereocenters. The Morgan fingerprint density at radius 2 is 1.96 bits per heavy atom. The zero-order chi connectivity index (χ0) is 17.8. The number of rotatable bonds is 4. The summed E-state index contributed by atoms with van der Waals surface area (Å²) in [6.07, 6.45) is 1.90. The molecule has 3 rings (SSSR count). The van der Waals surface area contributed by atoms with Crippen LogP contribution >= 0.6 is 0 Å². The molecule has 0 saturated carbocycles. The molecule has 3 amide bonds. The van der Waals surface area contributed by atoms with Crippen molar-refractivity contribution in [2.24, 2.45) is 5.73 Å². The quantitative estimate of drug-likeness (QED) is 0.897. The van der Waals surface area contributed by atoms with Crippen LogP contribution in [0.5, 0.6) is 5.75 Å². The largest absolute Gasteiger partial charge is 0.497 e. The average Bonchev–Trinajstić information content (AvgIpc) is 3.11. The number of carbonyl (C=O) groups excluding carboxylic acids is 2. The maximum absolute atomic E-state index is 12.9. The summed E-state index contributed by atoms with van der Waals surface area (Å²) in [6.45, 7) is 0.724. The lowest BCUT2D eigenvalue weighted by Crippen LogP contribution is -2.30. The molecule has 1 fully saturated rings. The second-order valence-corrected chi connectivity index (χ2v) is 6.00. The van der Waals surface area contributed by atoms with Gasteiger partial charge in [0.15, 0.2) is 0 Å². The van der Waals surface area contributed by atoms with Crippen molar-refractivity contribution in [2.45, 2.75) is 18.9 Å². The number of nitrogens with zero attached hydrogens (tertiary/aromatic N) is 1. The average molecular weight is 339 g/mol. The van der Waals surface area contributed by atoms with Crippen molar-refractivity contribution < 1.29 is 14.3 Å². The molecule has 6 nitrogen and oxygen atoms in total. The van der Waals surface area contributed by atoms with Gasteiger partial charge >= 0.3 is 6.03 Å². The van der Waals surface area contributed by atoms with Crippen LogP contribution in [0.25, 0.3) is 0 Å². The number of benzene rings is 2. The molecule has 1 saturated heterocycles. The summed E-state index contributed by atoms with van der Waals surface area (Å²) in [5, 5.41) is 2.49. The Morgan fingerprint density at radius 3 is 2.64 bits per heavy atom. The maximum Gasteiger partial charge on any atom is 0.316 e. The van der Waals surface area contributed by atoms with Crippen molar-refractivity contribution in [2.75, 3.05) is 19.0 Å². The van der Waals surface area contributed by atoms with Crippen LogP contribution < -0.4 is 15.8 Å². The van der Waals surface area contributed by atoms with Crippen LogP contribution in [0.1, 0.15) is 34.8 Å². The van der Waals surface area contributed by atoms with Crippen molar-refractivity contribution in [3.8, 4) is 5.75 Å². The highest BCUT2D eigenvalue weighted by molar-refractivity contribution is 5.95. The van der Waals surface area contributed by atoms with Gasteiger partial charge in [0.05, 0.1) is 13.2 Å². The van der Waals surface area contributed by atoms with E-state index in [1.807, 2.05) is 29.2 Å². The Kier molecular flexibility index (Phi) is 4.88. The number of methoxy groups -OCH3 is 1. The van der Waals surface area contributed by atoms with Crippen molar-refractivity contribution in [3.63, 3.8) is 0 Å². The molecule has 0 aliphatic carbocycles. The van der Waals surface area contributed by atoms with Gasteiger partial charge in [-0.15, -0.1) is 0 Å². The molecule has 25 heavy (non-hydrogen) atoms. The number of hydrogen-bond acceptors (Lipinski definition) is 3. The van der Waals surface area contributed by atoms with Gasteiger partial charge in [0.25, 0.3) is 5.91 Å². The number of amides is 3. The summed E-state index contributed by atoms with van der Waals surface area (Å²) in [4.78, 5) is 25.7. The maximum atomic E-state index is 12.9. The van der Waals surface area contributed by atoms with E-state index < -0.39 is 6.03 Å². The third-order valence-corrected chi connectivity index (χ3v) is 4.39. The van der Waals surface area contributed by atoms with E-state index in [2.05, 4.69) is 5.32 Å². The number of nitrogens with two attached hydrogens (primary N) is 1. The van der Waals surface area contributed by atoms with Gasteiger partial charge in [-0.25, -0.2) is 4.79 Å². The molecule has 130 valence electrons. The van der Waals surface area contributed by atoms with E-state index in [0.29, 0.717) is 11.3 Å². The van der Waals surface area contributed by atoms with Gasteiger partial charge in [-0.05, 0) is 54.8 Å². The number of nitrogens with one attached hydrogen (secondary N) is 1. The van der Waals surface area contributed by atoms with E-state index in [1.165, 1.54) is 0 Å². The highest BCUT2D eigenvalue weighted by atomic mass is 16.5. The third-order valence-electron chi connectivity index (χ3n) is 4.39. The Labute approximate surface area is 146 Å². The van der Waals surface area contributed by atoms with Gasteiger partial charge in [0.1, 0.15) is 5.75 Å². The fraction of sp³-hybridized carbons (Fsp3) is 0.263. The number of likely N-dealkylation sites (tertiary alicyclic amines) is 1. The van der Waals surface area contributed by atoms with E-state index in [4.69, 9.17) is 10.5 Å². The lowest BCUT2D eigenvalue weighted by Gasteiger charge is -2.25. The van der Waals surface area contributed by atoms with Crippen LogP contribution in [-0.2, 0) is 0 Å². The van der Waals surface area contributed by atoms with E-state index in [1.54, 1.807) is 31.4 Å². The summed E-state index contributed by atoms with van der Waals surface area (Å²) in [5.41, 5.74) is 7.33. The number of urea groups is 1. The number of carbonyl (C=O) groups is 2. The zero-order valence-corrected chi connectivity index (χ0v) is 14.1. The van der Waals surface area contributed by atoms with Gasteiger partial charge in [0.2, 0.25) is 0 Å².